The Morgan fingerprint density at radius 3 is 1.64 bits per heavy atom. The van der Waals surface area contributed by atoms with E-state index in [2.05, 4.69) is 33.0 Å². The van der Waals surface area contributed by atoms with Crippen molar-refractivity contribution in [3.63, 3.8) is 0 Å². The van der Waals surface area contributed by atoms with Crippen LogP contribution in [0.3, 0.4) is 0 Å². The van der Waals surface area contributed by atoms with E-state index in [0.29, 0.717) is 12.1 Å². The van der Waals surface area contributed by atoms with Crippen LogP contribution >= 0.6 is 7.92 Å². The Bertz CT molecular complexity index is 321. The maximum absolute atomic E-state index is 5.10. The summed E-state index contributed by atoms with van der Waals surface area (Å²) >= 11 is 0. The first kappa shape index (κ1) is 18.2. The molecule has 0 unspecified atom stereocenters. The molecule has 0 radical (unpaired) electrons. The third-order valence-electron chi connectivity index (χ3n) is 4.98. The minimum Gasteiger partial charge on any atom is -0.368 e. The molecule has 0 amide bonds. The van der Waals surface area contributed by atoms with Crippen molar-refractivity contribution in [2.24, 2.45) is 4.99 Å². The summed E-state index contributed by atoms with van der Waals surface area (Å²) < 4.78 is 0. The molecule has 0 aliphatic heterocycles. The van der Waals surface area contributed by atoms with Crippen molar-refractivity contribution in [3.8, 4) is 0 Å². The maximum Gasteiger partial charge on any atom is 0.120 e. The van der Waals surface area contributed by atoms with Crippen LogP contribution in [0.15, 0.2) is 4.99 Å². The minimum atomic E-state index is -0.0865. The number of hydrogen-bond donors (Lipinski definition) is 1. The van der Waals surface area contributed by atoms with E-state index in [0.717, 1.165) is 11.3 Å². The molecule has 0 aromatic heterocycles. The highest BCUT2D eigenvalue weighted by Gasteiger charge is 2.35. The first-order valence-corrected chi connectivity index (χ1v) is 11.2. The normalized spacial score (nSPS) is 22.8. The SMILES string of the molecule is CC(C)N=C(NC(C)C)P(C1CCCCC1)C1CCCCC1. The quantitative estimate of drug-likeness (QED) is 0.380. The molecule has 2 aliphatic rings. The molecule has 22 heavy (non-hydrogen) atoms. The van der Waals surface area contributed by atoms with Gasteiger partial charge in [-0.1, -0.05) is 38.5 Å². The summed E-state index contributed by atoms with van der Waals surface area (Å²) in [5.74, 6) is 0. The van der Waals surface area contributed by atoms with Crippen LogP contribution in [0.5, 0.6) is 0 Å². The van der Waals surface area contributed by atoms with Gasteiger partial charge in [-0.25, -0.2) is 0 Å². The average Bonchev–Trinajstić information content (AvgIpc) is 2.48. The highest BCUT2D eigenvalue weighted by Crippen LogP contribution is 2.56. The molecule has 0 heterocycles. The Hall–Kier alpha value is -0.100. The molecule has 2 fully saturated rings. The van der Waals surface area contributed by atoms with Gasteiger partial charge in [-0.2, -0.15) is 0 Å². The van der Waals surface area contributed by atoms with Crippen molar-refractivity contribution in [2.45, 2.75) is 115 Å². The minimum absolute atomic E-state index is 0.0865. The first-order valence-electron chi connectivity index (χ1n) is 9.70. The van der Waals surface area contributed by atoms with Gasteiger partial charge in [-0.05, 0) is 72.6 Å². The lowest BCUT2D eigenvalue weighted by Gasteiger charge is -2.39. The summed E-state index contributed by atoms with van der Waals surface area (Å²) in [5, 5.41) is 3.78. The predicted molar refractivity (Wildman–Crippen MR) is 102 cm³/mol. The Labute approximate surface area is 139 Å². The number of hydrogen-bond acceptors (Lipinski definition) is 1. The molecule has 0 aromatic rings. The molecule has 0 atom stereocenters. The van der Waals surface area contributed by atoms with E-state index >= 15 is 0 Å². The van der Waals surface area contributed by atoms with Gasteiger partial charge in [0.15, 0.2) is 0 Å². The molecular formula is C19H37N2P. The van der Waals surface area contributed by atoms with Crippen molar-refractivity contribution >= 4 is 13.5 Å². The lowest BCUT2D eigenvalue weighted by molar-refractivity contribution is 0.487. The molecule has 3 heteroatoms. The number of aliphatic imine (C=N–C) groups is 1. The summed E-state index contributed by atoms with van der Waals surface area (Å²) in [6.07, 6.45) is 14.5. The molecule has 128 valence electrons. The molecule has 0 bridgehead atoms. The monoisotopic (exact) mass is 324 g/mol. The van der Waals surface area contributed by atoms with E-state index in [1.165, 1.54) is 69.8 Å². The molecule has 2 rings (SSSR count). The molecule has 0 aromatic carbocycles. The van der Waals surface area contributed by atoms with Gasteiger partial charge in [0, 0.05) is 12.1 Å². The molecule has 0 saturated heterocycles. The van der Waals surface area contributed by atoms with Gasteiger partial charge in [0.1, 0.15) is 5.58 Å². The zero-order valence-electron chi connectivity index (χ0n) is 15.3. The van der Waals surface area contributed by atoms with Gasteiger partial charge >= 0.3 is 0 Å². The van der Waals surface area contributed by atoms with Crippen molar-refractivity contribution in [3.05, 3.63) is 0 Å². The topological polar surface area (TPSA) is 24.4 Å². The predicted octanol–water partition coefficient (Wildman–Crippen LogP) is 5.90. The lowest BCUT2D eigenvalue weighted by atomic mass is 9.99. The second-order valence-corrected chi connectivity index (χ2v) is 10.5. The van der Waals surface area contributed by atoms with Gasteiger partial charge in [0.2, 0.25) is 0 Å². The Kier molecular flexibility index (Phi) is 7.68. The summed E-state index contributed by atoms with van der Waals surface area (Å²) in [7, 11) is -0.0865. The Morgan fingerprint density at radius 2 is 1.27 bits per heavy atom. The zero-order chi connectivity index (χ0) is 15.9. The molecule has 2 nitrogen and oxygen atoms in total. The standard InChI is InChI=1S/C19H37N2P/c1-15(2)20-19(21-16(3)4)22(17-11-7-5-8-12-17)18-13-9-6-10-14-18/h15-18H,5-14H2,1-4H3,(H,20,21). The Balaban J connectivity index is 2.21. The summed E-state index contributed by atoms with van der Waals surface area (Å²) in [4.78, 5) is 5.10. The fraction of sp³-hybridized carbons (Fsp3) is 0.947. The number of nitrogens with zero attached hydrogens (tertiary/aromatic N) is 1. The third kappa shape index (κ3) is 5.52. The van der Waals surface area contributed by atoms with E-state index in [-0.39, 0.29) is 7.92 Å². The van der Waals surface area contributed by atoms with Crippen molar-refractivity contribution in [2.75, 3.05) is 0 Å². The van der Waals surface area contributed by atoms with Gasteiger partial charge in [-0.3, -0.25) is 4.99 Å². The molecular weight excluding hydrogens is 287 g/mol. The van der Waals surface area contributed by atoms with Crippen molar-refractivity contribution in [1.29, 1.82) is 0 Å². The second kappa shape index (κ2) is 9.26. The smallest absolute Gasteiger partial charge is 0.120 e. The number of nitrogens with one attached hydrogen (secondary N) is 1. The molecule has 1 N–H and O–H groups in total. The van der Waals surface area contributed by atoms with Crippen LogP contribution in [0.2, 0.25) is 0 Å². The summed E-state index contributed by atoms with van der Waals surface area (Å²) in [6, 6.07) is 0.924. The number of rotatable bonds is 5. The highest BCUT2D eigenvalue weighted by atomic mass is 31.1. The summed E-state index contributed by atoms with van der Waals surface area (Å²) in [6.45, 7) is 9.00. The van der Waals surface area contributed by atoms with Crippen LogP contribution in [-0.4, -0.2) is 29.0 Å². The van der Waals surface area contributed by atoms with Crippen LogP contribution in [0.4, 0.5) is 0 Å². The van der Waals surface area contributed by atoms with Gasteiger partial charge in [0.05, 0.1) is 0 Å². The van der Waals surface area contributed by atoms with Gasteiger partial charge < -0.3 is 5.32 Å². The first-order chi connectivity index (χ1) is 10.6. The van der Waals surface area contributed by atoms with Gasteiger partial charge in [-0.15, -0.1) is 0 Å². The zero-order valence-corrected chi connectivity index (χ0v) is 16.2. The summed E-state index contributed by atoms with van der Waals surface area (Å²) in [5.41, 5.74) is 3.30. The lowest BCUT2D eigenvalue weighted by Crippen LogP contribution is -2.36. The van der Waals surface area contributed by atoms with E-state index in [4.69, 9.17) is 4.99 Å². The molecule has 2 saturated carbocycles. The van der Waals surface area contributed by atoms with Crippen LogP contribution in [-0.2, 0) is 0 Å². The maximum atomic E-state index is 5.10. The molecule has 0 spiro atoms. The Morgan fingerprint density at radius 1 is 0.818 bits per heavy atom. The van der Waals surface area contributed by atoms with Gasteiger partial charge in [0.25, 0.3) is 0 Å². The van der Waals surface area contributed by atoms with Crippen LogP contribution in [0, 0.1) is 0 Å². The van der Waals surface area contributed by atoms with E-state index in [1.807, 2.05) is 0 Å². The third-order valence-corrected chi connectivity index (χ3v) is 8.32. The van der Waals surface area contributed by atoms with Crippen LogP contribution in [0.1, 0.15) is 91.9 Å². The second-order valence-electron chi connectivity index (χ2n) is 7.84. The number of amidine groups is 1. The average molecular weight is 324 g/mol. The largest absolute Gasteiger partial charge is 0.368 e. The highest BCUT2D eigenvalue weighted by molar-refractivity contribution is 7.76. The van der Waals surface area contributed by atoms with Crippen LogP contribution in [0.25, 0.3) is 0 Å². The van der Waals surface area contributed by atoms with Crippen molar-refractivity contribution in [1.82, 2.24) is 5.32 Å². The van der Waals surface area contributed by atoms with E-state index < -0.39 is 0 Å². The van der Waals surface area contributed by atoms with Crippen molar-refractivity contribution < 1.29 is 0 Å². The fourth-order valence-electron chi connectivity index (χ4n) is 4.04. The van der Waals surface area contributed by atoms with E-state index in [1.54, 1.807) is 0 Å². The molecule has 2 aliphatic carbocycles. The van der Waals surface area contributed by atoms with Crippen LogP contribution < -0.4 is 5.32 Å². The fourth-order valence-corrected chi connectivity index (χ4v) is 7.95. The van der Waals surface area contributed by atoms with E-state index in [9.17, 15) is 0 Å².